The minimum absolute atomic E-state index is 0.0257. The molecule has 2 aromatic carbocycles. The number of halogens is 2. The maximum atomic E-state index is 12.8. The van der Waals surface area contributed by atoms with Gasteiger partial charge in [-0.1, -0.05) is 41.4 Å². The van der Waals surface area contributed by atoms with Crippen LogP contribution in [0.3, 0.4) is 0 Å². The first-order valence-electron chi connectivity index (χ1n) is 9.57. The lowest BCUT2D eigenvalue weighted by molar-refractivity contribution is 0.102. The van der Waals surface area contributed by atoms with Gasteiger partial charge in [0.15, 0.2) is 0 Å². The molecule has 0 atom stereocenters. The maximum absolute atomic E-state index is 12.8. The molecule has 0 bridgehead atoms. The van der Waals surface area contributed by atoms with E-state index in [1.807, 2.05) is 19.1 Å². The predicted octanol–water partition coefficient (Wildman–Crippen LogP) is 4.70. The Labute approximate surface area is 186 Å². The van der Waals surface area contributed by atoms with Crippen LogP contribution in [0, 0.1) is 12.8 Å². The van der Waals surface area contributed by atoms with E-state index in [0.717, 1.165) is 31.5 Å². The molecule has 30 heavy (non-hydrogen) atoms. The van der Waals surface area contributed by atoms with Crippen molar-refractivity contribution in [2.45, 2.75) is 31.6 Å². The zero-order valence-electron chi connectivity index (χ0n) is 16.7. The molecule has 9 heteroatoms. The fourth-order valence-electron chi connectivity index (χ4n) is 3.38. The van der Waals surface area contributed by atoms with Gasteiger partial charge >= 0.3 is 0 Å². The number of carbonyl (C=O) groups excluding carboxylic acids is 1. The molecule has 1 saturated heterocycles. The maximum Gasteiger partial charge on any atom is 0.282 e. The van der Waals surface area contributed by atoms with Crippen molar-refractivity contribution < 1.29 is 13.2 Å². The van der Waals surface area contributed by atoms with Crippen LogP contribution in [0.25, 0.3) is 0 Å². The van der Waals surface area contributed by atoms with Crippen LogP contribution in [0.2, 0.25) is 10.0 Å². The van der Waals surface area contributed by atoms with Crippen molar-refractivity contribution in [1.82, 2.24) is 5.32 Å². The summed E-state index contributed by atoms with van der Waals surface area (Å²) in [6.07, 6.45) is 1.69. The number of nitrogens with one attached hydrogen (secondary N) is 2. The highest BCUT2D eigenvalue weighted by Crippen LogP contribution is 2.34. The minimum atomic E-state index is -3.97. The first kappa shape index (κ1) is 22.7. The van der Waals surface area contributed by atoms with Crippen molar-refractivity contribution >= 4 is 50.5 Å². The lowest BCUT2D eigenvalue weighted by Crippen LogP contribution is -2.31. The summed E-state index contributed by atoms with van der Waals surface area (Å²) >= 11 is 12.6. The molecule has 2 N–H and O–H groups in total. The highest BCUT2D eigenvalue weighted by molar-refractivity contribution is 7.90. The fraction of sp³-hybridized carbons (Fsp3) is 0.333. The van der Waals surface area contributed by atoms with Gasteiger partial charge in [0.25, 0.3) is 15.9 Å². The Balaban J connectivity index is 1.86. The summed E-state index contributed by atoms with van der Waals surface area (Å²) in [5, 5.41) is 5.96. The SMILES string of the molecule is C/C(=N/S(=O)(=O)c1cc(Cl)c(NC(=O)c2ccccc2C)c(Cl)c1)C1CCNCC1. The van der Waals surface area contributed by atoms with E-state index in [0.29, 0.717) is 11.3 Å². The number of amides is 1. The molecule has 1 fully saturated rings. The molecule has 1 aliphatic rings. The Hall–Kier alpha value is -1.93. The van der Waals surface area contributed by atoms with Gasteiger partial charge in [-0.05, 0) is 63.5 Å². The molecular formula is C21H23Cl2N3O3S. The lowest BCUT2D eigenvalue weighted by atomic mass is 9.94. The number of rotatable bonds is 5. The first-order valence-corrected chi connectivity index (χ1v) is 11.8. The third kappa shape index (κ3) is 5.21. The fourth-order valence-corrected chi connectivity index (χ4v) is 5.26. The molecule has 160 valence electrons. The van der Waals surface area contributed by atoms with Gasteiger partial charge in [0.05, 0.1) is 20.6 Å². The molecular weight excluding hydrogens is 445 g/mol. The smallest absolute Gasteiger partial charge is 0.282 e. The van der Waals surface area contributed by atoms with Crippen LogP contribution >= 0.6 is 23.2 Å². The van der Waals surface area contributed by atoms with Crippen molar-refractivity contribution in [2.75, 3.05) is 18.4 Å². The molecule has 6 nitrogen and oxygen atoms in total. The van der Waals surface area contributed by atoms with Crippen molar-refractivity contribution in [3.05, 3.63) is 57.6 Å². The summed E-state index contributed by atoms with van der Waals surface area (Å²) in [5.74, 6) is -0.257. The van der Waals surface area contributed by atoms with Crippen LogP contribution in [0.5, 0.6) is 0 Å². The molecule has 0 radical (unpaired) electrons. The van der Waals surface area contributed by atoms with Crippen molar-refractivity contribution in [2.24, 2.45) is 10.3 Å². The zero-order valence-corrected chi connectivity index (χ0v) is 19.0. The quantitative estimate of drug-likeness (QED) is 0.623. The molecule has 1 amide bonds. The number of hydrogen-bond acceptors (Lipinski definition) is 4. The van der Waals surface area contributed by atoms with Crippen LogP contribution in [0.4, 0.5) is 5.69 Å². The molecule has 0 aliphatic carbocycles. The van der Waals surface area contributed by atoms with Gasteiger partial charge in [0.1, 0.15) is 0 Å². The Kier molecular flexibility index (Phi) is 7.18. The Bertz CT molecular complexity index is 1070. The second kappa shape index (κ2) is 9.47. The Morgan fingerprint density at radius 1 is 1.13 bits per heavy atom. The van der Waals surface area contributed by atoms with Crippen molar-refractivity contribution in [3.63, 3.8) is 0 Å². The number of nitrogens with zero attached hydrogens (tertiary/aromatic N) is 1. The van der Waals surface area contributed by atoms with E-state index in [2.05, 4.69) is 15.0 Å². The van der Waals surface area contributed by atoms with Crippen LogP contribution in [0.1, 0.15) is 35.7 Å². The van der Waals surface area contributed by atoms with Gasteiger partial charge in [-0.2, -0.15) is 12.8 Å². The van der Waals surface area contributed by atoms with E-state index in [1.165, 1.54) is 12.1 Å². The number of hydrogen-bond donors (Lipinski definition) is 2. The monoisotopic (exact) mass is 467 g/mol. The predicted molar refractivity (Wildman–Crippen MR) is 121 cm³/mol. The Morgan fingerprint density at radius 3 is 2.33 bits per heavy atom. The standard InChI is InChI=1S/C21H23Cl2N3O3S/c1-13-5-3-4-6-17(13)21(27)25-20-18(22)11-16(12-19(20)23)30(28,29)26-14(2)15-7-9-24-10-8-15/h3-6,11-12,15,24H,7-10H2,1-2H3,(H,25,27)/b26-14-. The summed E-state index contributed by atoms with van der Waals surface area (Å²) in [6, 6.07) is 9.60. The van der Waals surface area contributed by atoms with Crippen LogP contribution in [-0.4, -0.2) is 33.1 Å². The van der Waals surface area contributed by atoms with Crippen LogP contribution < -0.4 is 10.6 Å². The number of carbonyl (C=O) groups is 1. The molecule has 2 aromatic rings. The molecule has 1 heterocycles. The van der Waals surface area contributed by atoms with Gasteiger partial charge in [-0.3, -0.25) is 4.79 Å². The largest absolute Gasteiger partial charge is 0.319 e. The normalized spacial score (nSPS) is 15.8. The average Bonchev–Trinajstić information content (AvgIpc) is 2.71. The minimum Gasteiger partial charge on any atom is -0.319 e. The molecule has 1 aliphatic heterocycles. The number of piperidine rings is 1. The molecule has 3 rings (SSSR count). The number of anilines is 1. The van der Waals surface area contributed by atoms with Gasteiger partial charge in [-0.25, -0.2) is 0 Å². The molecule has 0 unspecified atom stereocenters. The van der Waals surface area contributed by atoms with E-state index < -0.39 is 10.0 Å². The first-order chi connectivity index (χ1) is 14.2. The van der Waals surface area contributed by atoms with E-state index >= 15 is 0 Å². The summed E-state index contributed by atoms with van der Waals surface area (Å²) in [5.41, 5.74) is 2.00. The average molecular weight is 468 g/mol. The van der Waals surface area contributed by atoms with Crippen molar-refractivity contribution in [1.29, 1.82) is 0 Å². The van der Waals surface area contributed by atoms with Crippen molar-refractivity contribution in [3.8, 4) is 0 Å². The van der Waals surface area contributed by atoms with E-state index in [4.69, 9.17) is 23.2 Å². The second-order valence-corrected chi connectivity index (χ2v) is 9.68. The molecule has 0 aromatic heterocycles. The topological polar surface area (TPSA) is 87.6 Å². The van der Waals surface area contributed by atoms with Crippen LogP contribution in [0.15, 0.2) is 45.7 Å². The third-order valence-electron chi connectivity index (χ3n) is 5.14. The van der Waals surface area contributed by atoms with E-state index in [-0.39, 0.29) is 32.5 Å². The highest BCUT2D eigenvalue weighted by atomic mass is 35.5. The summed E-state index contributed by atoms with van der Waals surface area (Å²) in [7, 11) is -3.97. The highest BCUT2D eigenvalue weighted by Gasteiger charge is 2.22. The van der Waals surface area contributed by atoms with Gasteiger partial charge < -0.3 is 10.6 Å². The third-order valence-corrected chi connectivity index (χ3v) is 7.09. The summed E-state index contributed by atoms with van der Waals surface area (Å²) in [4.78, 5) is 12.5. The van der Waals surface area contributed by atoms with E-state index in [9.17, 15) is 13.2 Å². The van der Waals surface area contributed by atoms with Gasteiger partial charge in [-0.15, -0.1) is 0 Å². The number of sulfonamides is 1. The second-order valence-electron chi connectivity index (χ2n) is 7.26. The Morgan fingerprint density at radius 2 is 1.73 bits per heavy atom. The molecule has 0 saturated carbocycles. The number of aryl methyl sites for hydroxylation is 1. The number of benzene rings is 2. The van der Waals surface area contributed by atoms with E-state index in [1.54, 1.807) is 19.1 Å². The van der Waals surface area contributed by atoms with Gasteiger partial charge in [0, 0.05) is 17.2 Å². The summed E-state index contributed by atoms with van der Waals surface area (Å²) < 4.78 is 29.6. The van der Waals surface area contributed by atoms with Gasteiger partial charge in [0.2, 0.25) is 0 Å². The summed E-state index contributed by atoms with van der Waals surface area (Å²) in [6.45, 7) is 5.22. The zero-order chi connectivity index (χ0) is 21.9. The van der Waals surface area contributed by atoms with Crippen LogP contribution in [-0.2, 0) is 10.0 Å². The lowest BCUT2D eigenvalue weighted by Gasteiger charge is -2.22. The molecule has 0 spiro atoms.